The van der Waals surface area contributed by atoms with Crippen LogP contribution in [0.3, 0.4) is 0 Å². The number of hydrogen-bond acceptors (Lipinski definition) is 2. The molecule has 1 N–H and O–H groups in total. The van der Waals surface area contributed by atoms with Gasteiger partial charge in [-0.3, -0.25) is 4.98 Å². The first-order chi connectivity index (χ1) is 8.44. The van der Waals surface area contributed by atoms with Crippen LogP contribution in [0.4, 0.5) is 4.39 Å². The standard InChI is InChI=1S/C13H10BrClFNO/c1-13(18,8-3-2-6-17-7-8)9-4-5-10(14)11(15)12(9)16/h2-7,18H,1H3. The van der Waals surface area contributed by atoms with Crippen LogP contribution in [0.5, 0.6) is 0 Å². The van der Waals surface area contributed by atoms with E-state index in [9.17, 15) is 9.50 Å². The summed E-state index contributed by atoms with van der Waals surface area (Å²) in [5, 5.41) is 10.5. The molecule has 1 atom stereocenters. The summed E-state index contributed by atoms with van der Waals surface area (Å²) in [5.41, 5.74) is -0.867. The van der Waals surface area contributed by atoms with Crippen LogP contribution in [0.25, 0.3) is 0 Å². The molecule has 0 bridgehead atoms. The van der Waals surface area contributed by atoms with Crippen molar-refractivity contribution >= 4 is 27.5 Å². The van der Waals surface area contributed by atoms with Crippen LogP contribution in [0, 0.1) is 5.82 Å². The van der Waals surface area contributed by atoms with Gasteiger partial charge >= 0.3 is 0 Å². The third-order valence-corrected chi connectivity index (χ3v) is 4.04. The summed E-state index contributed by atoms with van der Waals surface area (Å²) in [7, 11) is 0. The molecule has 1 aromatic carbocycles. The molecular weight excluding hydrogens is 321 g/mol. The van der Waals surface area contributed by atoms with E-state index < -0.39 is 11.4 Å². The molecule has 1 heterocycles. The van der Waals surface area contributed by atoms with E-state index in [1.54, 1.807) is 24.4 Å². The Morgan fingerprint density at radius 2 is 2.11 bits per heavy atom. The average molecular weight is 331 g/mol. The minimum Gasteiger partial charge on any atom is -0.381 e. The van der Waals surface area contributed by atoms with E-state index in [2.05, 4.69) is 20.9 Å². The summed E-state index contributed by atoms with van der Waals surface area (Å²) >= 11 is 8.96. The average Bonchev–Trinajstić information content (AvgIpc) is 2.37. The van der Waals surface area contributed by atoms with Crippen LogP contribution in [-0.2, 0) is 5.60 Å². The Bertz CT molecular complexity index is 575. The highest BCUT2D eigenvalue weighted by atomic mass is 79.9. The second kappa shape index (κ2) is 4.96. The third kappa shape index (κ3) is 2.28. The molecule has 0 saturated carbocycles. The molecule has 0 radical (unpaired) electrons. The lowest BCUT2D eigenvalue weighted by atomic mass is 9.89. The molecule has 0 aliphatic carbocycles. The molecule has 2 aromatic rings. The summed E-state index contributed by atoms with van der Waals surface area (Å²) in [5.74, 6) is -0.639. The summed E-state index contributed by atoms with van der Waals surface area (Å²) < 4.78 is 14.6. The van der Waals surface area contributed by atoms with Crippen LogP contribution in [0.2, 0.25) is 5.02 Å². The molecule has 0 aliphatic rings. The van der Waals surface area contributed by atoms with Gasteiger partial charge in [0.25, 0.3) is 0 Å². The second-order valence-corrected chi connectivity index (χ2v) is 5.27. The Morgan fingerprint density at radius 1 is 1.39 bits per heavy atom. The number of pyridine rings is 1. The minimum absolute atomic E-state index is 0.0448. The molecule has 0 spiro atoms. The zero-order chi connectivity index (χ0) is 13.3. The van der Waals surface area contributed by atoms with Gasteiger partial charge in [0.15, 0.2) is 0 Å². The van der Waals surface area contributed by atoms with E-state index in [4.69, 9.17) is 11.6 Å². The zero-order valence-corrected chi connectivity index (χ0v) is 11.8. The van der Waals surface area contributed by atoms with Crippen molar-refractivity contribution in [2.75, 3.05) is 0 Å². The van der Waals surface area contributed by atoms with Crippen LogP contribution in [0.15, 0.2) is 41.1 Å². The summed E-state index contributed by atoms with van der Waals surface area (Å²) in [6, 6.07) is 6.47. The van der Waals surface area contributed by atoms with E-state index >= 15 is 0 Å². The maximum Gasteiger partial charge on any atom is 0.149 e. The summed E-state index contributed by atoms with van der Waals surface area (Å²) in [4.78, 5) is 3.92. The Morgan fingerprint density at radius 3 is 2.72 bits per heavy atom. The van der Waals surface area contributed by atoms with Gasteiger partial charge < -0.3 is 5.11 Å². The molecular formula is C13H10BrClFNO. The molecule has 0 aliphatic heterocycles. The fourth-order valence-electron chi connectivity index (χ4n) is 1.71. The maximum atomic E-state index is 14.1. The topological polar surface area (TPSA) is 33.1 Å². The van der Waals surface area contributed by atoms with Crippen molar-refractivity contribution in [3.8, 4) is 0 Å². The number of aliphatic hydroxyl groups is 1. The molecule has 2 nitrogen and oxygen atoms in total. The Hall–Kier alpha value is -0.970. The van der Waals surface area contributed by atoms with Gasteiger partial charge in [-0.05, 0) is 35.0 Å². The van der Waals surface area contributed by atoms with Crippen molar-refractivity contribution in [2.45, 2.75) is 12.5 Å². The van der Waals surface area contributed by atoms with Gasteiger partial charge in [0.2, 0.25) is 0 Å². The van der Waals surface area contributed by atoms with Crippen molar-refractivity contribution in [3.63, 3.8) is 0 Å². The normalized spacial score (nSPS) is 14.3. The Labute approximate surface area is 118 Å². The van der Waals surface area contributed by atoms with Crippen molar-refractivity contribution in [1.82, 2.24) is 4.98 Å². The fourth-order valence-corrected chi connectivity index (χ4v) is 2.18. The summed E-state index contributed by atoms with van der Waals surface area (Å²) in [6.07, 6.45) is 3.08. The quantitative estimate of drug-likeness (QED) is 0.847. The van der Waals surface area contributed by atoms with Crippen molar-refractivity contribution in [2.24, 2.45) is 0 Å². The molecule has 1 unspecified atom stereocenters. The highest BCUT2D eigenvalue weighted by molar-refractivity contribution is 9.10. The smallest absolute Gasteiger partial charge is 0.149 e. The lowest BCUT2D eigenvalue weighted by molar-refractivity contribution is 0.0976. The van der Waals surface area contributed by atoms with Gasteiger partial charge in [0, 0.05) is 28.0 Å². The predicted molar refractivity (Wildman–Crippen MR) is 72.0 cm³/mol. The van der Waals surface area contributed by atoms with Gasteiger partial charge in [0.1, 0.15) is 11.4 Å². The molecule has 0 fully saturated rings. The minimum atomic E-state index is -1.48. The first-order valence-electron chi connectivity index (χ1n) is 5.21. The second-order valence-electron chi connectivity index (χ2n) is 4.04. The number of rotatable bonds is 2. The van der Waals surface area contributed by atoms with Gasteiger partial charge in [-0.15, -0.1) is 0 Å². The van der Waals surface area contributed by atoms with Crippen LogP contribution in [-0.4, -0.2) is 10.1 Å². The molecule has 1 aromatic heterocycles. The Kier molecular flexibility index (Phi) is 3.71. The molecule has 5 heteroatoms. The first-order valence-corrected chi connectivity index (χ1v) is 6.38. The van der Waals surface area contributed by atoms with Crippen LogP contribution in [0.1, 0.15) is 18.1 Å². The SMILES string of the molecule is CC(O)(c1cccnc1)c1ccc(Br)c(Cl)c1F. The molecule has 18 heavy (non-hydrogen) atoms. The molecule has 0 amide bonds. The van der Waals surface area contributed by atoms with Crippen molar-refractivity contribution in [3.05, 3.63) is 63.1 Å². The monoisotopic (exact) mass is 329 g/mol. The van der Waals surface area contributed by atoms with Crippen molar-refractivity contribution in [1.29, 1.82) is 0 Å². The largest absolute Gasteiger partial charge is 0.381 e. The number of benzene rings is 1. The molecule has 0 saturated heterocycles. The van der Waals surface area contributed by atoms with Crippen LogP contribution < -0.4 is 0 Å². The summed E-state index contributed by atoms with van der Waals surface area (Å²) in [6.45, 7) is 1.51. The van der Waals surface area contributed by atoms with E-state index in [1.165, 1.54) is 19.2 Å². The predicted octanol–water partition coefficient (Wildman–Crippen LogP) is 3.89. The fraction of sp³-hybridized carbons (Fsp3) is 0.154. The van der Waals surface area contributed by atoms with Crippen molar-refractivity contribution < 1.29 is 9.50 Å². The lowest BCUT2D eigenvalue weighted by Crippen LogP contribution is -2.24. The van der Waals surface area contributed by atoms with E-state index in [-0.39, 0.29) is 10.6 Å². The number of hydrogen-bond donors (Lipinski definition) is 1. The van der Waals surface area contributed by atoms with Crippen LogP contribution >= 0.6 is 27.5 Å². The van der Waals surface area contributed by atoms with E-state index in [1.807, 2.05) is 0 Å². The third-order valence-electron chi connectivity index (χ3n) is 2.78. The van der Waals surface area contributed by atoms with Gasteiger partial charge in [-0.1, -0.05) is 23.7 Å². The Balaban J connectivity index is 2.58. The first kappa shape index (κ1) is 13.5. The van der Waals surface area contributed by atoms with Gasteiger partial charge in [0.05, 0.1) is 5.02 Å². The van der Waals surface area contributed by atoms with E-state index in [0.717, 1.165) is 0 Å². The number of aromatic nitrogens is 1. The molecule has 94 valence electrons. The highest BCUT2D eigenvalue weighted by Crippen LogP contribution is 2.36. The zero-order valence-electron chi connectivity index (χ0n) is 9.49. The van der Waals surface area contributed by atoms with Gasteiger partial charge in [-0.25, -0.2) is 4.39 Å². The molecule has 2 rings (SSSR count). The van der Waals surface area contributed by atoms with E-state index in [0.29, 0.717) is 10.0 Å². The van der Waals surface area contributed by atoms with Gasteiger partial charge in [-0.2, -0.15) is 0 Å². The maximum absolute atomic E-state index is 14.1. The number of halogens is 3. The highest BCUT2D eigenvalue weighted by Gasteiger charge is 2.30. The number of nitrogens with zero attached hydrogens (tertiary/aromatic N) is 1. The lowest BCUT2D eigenvalue weighted by Gasteiger charge is -2.25.